The average Bonchev–Trinajstić information content (AvgIpc) is 3.00. The summed E-state index contributed by atoms with van der Waals surface area (Å²) in [5.74, 6) is 0.974. The number of nitrogens with zero attached hydrogens (tertiary/aromatic N) is 2. The topological polar surface area (TPSA) is 31.9 Å². The Morgan fingerprint density at radius 1 is 0.950 bits per heavy atom. The molecule has 98 valence electrons. The monoisotopic (exact) mass is 279 g/mol. The lowest BCUT2D eigenvalue weighted by molar-refractivity contribution is 0.874. The molecule has 0 bridgehead atoms. The zero-order valence-electron chi connectivity index (χ0n) is 10.8. The van der Waals surface area contributed by atoms with Gasteiger partial charge in [0.05, 0.1) is 17.9 Å². The number of imidazole rings is 1. The summed E-state index contributed by atoms with van der Waals surface area (Å²) in [4.78, 5) is 12.4. The molecule has 1 aliphatic heterocycles. The van der Waals surface area contributed by atoms with E-state index >= 15 is 0 Å². The van der Waals surface area contributed by atoms with Gasteiger partial charge in [0.15, 0.2) is 0 Å². The van der Waals surface area contributed by atoms with Gasteiger partial charge in [-0.3, -0.25) is 0 Å². The van der Waals surface area contributed by atoms with Crippen molar-refractivity contribution in [2.75, 3.05) is 4.90 Å². The van der Waals surface area contributed by atoms with Gasteiger partial charge in [-0.2, -0.15) is 0 Å². The molecule has 20 heavy (non-hydrogen) atoms. The molecule has 3 nitrogen and oxygen atoms in total. The number of rotatable bonds is 2. The van der Waals surface area contributed by atoms with Crippen molar-refractivity contribution in [3.63, 3.8) is 0 Å². The summed E-state index contributed by atoms with van der Waals surface area (Å²) in [7, 11) is 0. The van der Waals surface area contributed by atoms with Crippen LogP contribution in [-0.2, 0) is 6.54 Å². The van der Waals surface area contributed by atoms with E-state index < -0.39 is 0 Å². The molecule has 0 aliphatic carbocycles. The molecular weight excluding hydrogens is 266 g/mol. The number of benzene rings is 2. The first-order valence-corrected chi connectivity index (χ1v) is 7.35. The quantitative estimate of drug-likeness (QED) is 0.762. The number of anilines is 2. The Bertz CT molecular complexity index is 691. The summed E-state index contributed by atoms with van der Waals surface area (Å²) in [6.45, 7) is 0.752. The maximum absolute atomic E-state index is 4.35. The Morgan fingerprint density at radius 3 is 2.20 bits per heavy atom. The molecule has 4 heteroatoms. The minimum Gasteiger partial charge on any atom is -0.347 e. The lowest BCUT2D eigenvalue weighted by Gasteiger charge is -2.32. The van der Waals surface area contributed by atoms with E-state index in [4.69, 9.17) is 0 Å². The fraction of sp³-hybridized carbons (Fsp3) is 0.0625. The van der Waals surface area contributed by atoms with E-state index in [1.54, 1.807) is 6.20 Å². The molecule has 0 spiro atoms. The molecule has 0 saturated heterocycles. The highest BCUT2D eigenvalue weighted by Gasteiger charge is 2.23. The minimum absolute atomic E-state index is 0.752. The van der Waals surface area contributed by atoms with Gasteiger partial charge in [0.1, 0.15) is 5.82 Å². The van der Waals surface area contributed by atoms with Crippen LogP contribution >= 0.6 is 11.8 Å². The van der Waals surface area contributed by atoms with Crippen molar-refractivity contribution < 1.29 is 0 Å². The maximum Gasteiger partial charge on any atom is 0.126 e. The Kier molecular flexibility index (Phi) is 2.74. The molecule has 1 N–H and O–H groups in total. The molecule has 0 atom stereocenters. The molecular formula is C16H13N3S. The van der Waals surface area contributed by atoms with Gasteiger partial charge in [-0.1, -0.05) is 36.0 Å². The molecule has 1 aliphatic rings. The van der Waals surface area contributed by atoms with Gasteiger partial charge < -0.3 is 9.88 Å². The van der Waals surface area contributed by atoms with Crippen molar-refractivity contribution >= 4 is 23.1 Å². The number of fused-ring (bicyclic) bond motifs is 2. The first-order valence-electron chi connectivity index (χ1n) is 6.53. The van der Waals surface area contributed by atoms with Crippen LogP contribution in [0.4, 0.5) is 11.4 Å². The normalized spacial score (nSPS) is 12.9. The number of nitrogens with one attached hydrogen (secondary N) is 1. The van der Waals surface area contributed by atoms with Crippen molar-refractivity contribution in [3.8, 4) is 0 Å². The SMILES string of the molecule is c1ccc2c(c1)Sc1ccccc1N2Cc1ncc[nH]1. The van der Waals surface area contributed by atoms with Crippen LogP contribution in [0.25, 0.3) is 0 Å². The average molecular weight is 279 g/mol. The summed E-state index contributed by atoms with van der Waals surface area (Å²) >= 11 is 1.83. The summed E-state index contributed by atoms with van der Waals surface area (Å²) in [5.41, 5.74) is 2.49. The number of aromatic amines is 1. The summed E-state index contributed by atoms with van der Waals surface area (Å²) in [5, 5.41) is 0. The summed E-state index contributed by atoms with van der Waals surface area (Å²) in [6.07, 6.45) is 3.66. The first kappa shape index (κ1) is 11.6. The van der Waals surface area contributed by atoms with Crippen molar-refractivity contribution in [1.29, 1.82) is 0 Å². The molecule has 0 fully saturated rings. The second-order valence-electron chi connectivity index (χ2n) is 4.66. The van der Waals surface area contributed by atoms with E-state index in [1.807, 2.05) is 18.0 Å². The van der Waals surface area contributed by atoms with Crippen LogP contribution < -0.4 is 4.90 Å². The third-order valence-corrected chi connectivity index (χ3v) is 4.53. The number of aromatic nitrogens is 2. The lowest BCUT2D eigenvalue weighted by atomic mass is 10.2. The lowest BCUT2D eigenvalue weighted by Crippen LogP contribution is -2.20. The summed E-state index contributed by atoms with van der Waals surface area (Å²) < 4.78 is 0. The maximum atomic E-state index is 4.35. The Hall–Kier alpha value is -2.20. The second-order valence-corrected chi connectivity index (χ2v) is 5.74. The third-order valence-electron chi connectivity index (χ3n) is 3.39. The second kappa shape index (κ2) is 4.72. The van der Waals surface area contributed by atoms with Gasteiger partial charge >= 0.3 is 0 Å². The van der Waals surface area contributed by atoms with Crippen LogP contribution in [-0.4, -0.2) is 9.97 Å². The highest BCUT2D eigenvalue weighted by atomic mass is 32.2. The standard InChI is InChI=1S/C16H13N3S/c1-3-7-14-12(5-1)19(11-16-17-9-10-18-16)13-6-2-4-8-15(13)20-14/h1-10H,11H2,(H,17,18). The van der Waals surface area contributed by atoms with Gasteiger partial charge in [0.25, 0.3) is 0 Å². The predicted octanol–water partition coefficient (Wildman–Crippen LogP) is 4.21. The highest BCUT2D eigenvalue weighted by molar-refractivity contribution is 7.99. The van der Waals surface area contributed by atoms with Crippen molar-refractivity contribution in [2.24, 2.45) is 0 Å². The minimum atomic E-state index is 0.752. The van der Waals surface area contributed by atoms with Gasteiger partial charge in [0, 0.05) is 22.2 Å². The smallest absolute Gasteiger partial charge is 0.126 e. The molecule has 4 rings (SSSR count). The van der Waals surface area contributed by atoms with E-state index in [0.717, 1.165) is 12.4 Å². The zero-order chi connectivity index (χ0) is 13.4. The van der Waals surface area contributed by atoms with E-state index in [1.165, 1.54) is 21.2 Å². The van der Waals surface area contributed by atoms with E-state index in [0.29, 0.717) is 0 Å². The predicted molar refractivity (Wildman–Crippen MR) is 81.4 cm³/mol. The molecule has 0 unspecified atom stereocenters. The van der Waals surface area contributed by atoms with Crippen LogP contribution in [0, 0.1) is 0 Å². The van der Waals surface area contributed by atoms with Crippen molar-refractivity contribution in [3.05, 3.63) is 66.7 Å². The molecule has 2 heterocycles. The fourth-order valence-electron chi connectivity index (χ4n) is 2.49. The fourth-order valence-corrected chi connectivity index (χ4v) is 3.58. The zero-order valence-corrected chi connectivity index (χ0v) is 11.6. The molecule has 0 saturated carbocycles. The van der Waals surface area contributed by atoms with Gasteiger partial charge in [-0.15, -0.1) is 0 Å². The molecule has 3 aromatic rings. The molecule has 2 aromatic carbocycles. The van der Waals surface area contributed by atoms with Gasteiger partial charge in [-0.05, 0) is 24.3 Å². The van der Waals surface area contributed by atoms with Gasteiger partial charge in [0.2, 0.25) is 0 Å². The molecule has 1 aromatic heterocycles. The number of hydrogen-bond acceptors (Lipinski definition) is 3. The number of H-pyrrole nitrogens is 1. The van der Waals surface area contributed by atoms with E-state index in [2.05, 4.69) is 63.4 Å². The third kappa shape index (κ3) is 1.89. The van der Waals surface area contributed by atoms with Crippen LogP contribution in [0.15, 0.2) is 70.7 Å². The number of para-hydroxylation sites is 2. The van der Waals surface area contributed by atoms with Crippen molar-refractivity contribution in [1.82, 2.24) is 9.97 Å². The van der Waals surface area contributed by atoms with Crippen LogP contribution in [0.5, 0.6) is 0 Å². The van der Waals surface area contributed by atoms with Crippen LogP contribution in [0.3, 0.4) is 0 Å². The first-order chi connectivity index (χ1) is 9.92. The summed E-state index contributed by atoms with van der Waals surface area (Å²) in [6, 6.07) is 17.0. The Balaban J connectivity index is 1.84. The Morgan fingerprint density at radius 2 is 1.60 bits per heavy atom. The Labute approximate surface area is 121 Å². The largest absolute Gasteiger partial charge is 0.347 e. The van der Waals surface area contributed by atoms with Gasteiger partial charge in [-0.25, -0.2) is 4.98 Å². The van der Waals surface area contributed by atoms with Crippen molar-refractivity contribution in [2.45, 2.75) is 16.3 Å². The molecule has 0 amide bonds. The number of hydrogen-bond donors (Lipinski definition) is 1. The highest BCUT2D eigenvalue weighted by Crippen LogP contribution is 2.48. The van der Waals surface area contributed by atoms with Crippen LogP contribution in [0.2, 0.25) is 0 Å². The van der Waals surface area contributed by atoms with E-state index in [-0.39, 0.29) is 0 Å². The van der Waals surface area contributed by atoms with E-state index in [9.17, 15) is 0 Å². The van der Waals surface area contributed by atoms with Crippen LogP contribution in [0.1, 0.15) is 5.82 Å². The molecule has 0 radical (unpaired) electrons.